The Bertz CT molecular complexity index is 809. The highest BCUT2D eigenvalue weighted by molar-refractivity contribution is 5.88. The maximum absolute atomic E-state index is 12.4. The molecule has 180 valence electrons. The van der Waals surface area contributed by atoms with Crippen molar-refractivity contribution in [2.24, 2.45) is 0 Å². The summed E-state index contributed by atoms with van der Waals surface area (Å²) in [5, 5.41) is 23.3. The van der Waals surface area contributed by atoms with Crippen LogP contribution < -0.4 is 5.32 Å². The minimum absolute atomic E-state index is 0.0815. The first-order valence-electron chi connectivity index (χ1n) is 12.0. The lowest BCUT2D eigenvalue weighted by atomic mass is 10.0. The Morgan fingerprint density at radius 3 is 2.45 bits per heavy atom. The zero-order chi connectivity index (χ0) is 24.3. The second kappa shape index (κ2) is 17.8. The molecule has 33 heavy (non-hydrogen) atoms. The normalized spacial score (nSPS) is 31.2. The van der Waals surface area contributed by atoms with Crippen molar-refractivity contribution in [2.75, 3.05) is 0 Å². The number of nitrogens with one attached hydrogen (secondary N) is 1. The predicted molar refractivity (Wildman–Crippen MR) is 140 cm³/mol. The number of carbonyl (C=O) groups is 1. The summed E-state index contributed by atoms with van der Waals surface area (Å²) in [6.45, 7) is 6.03. The zero-order valence-corrected chi connectivity index (χ0v) is 20.4. The first-order chi connectivity index (χ1) is 15.9. The second-order valence-corrected chi connectivity index (χ2v) is 8.32. The molecule has 0 aromatic carbocycles. The highest BCUT2D eigenvalue weighted by atomic mass is 16.3. The summed E-state index contributed by atoms with van der Waals surface area (Å²) in [5.74, 6) is -0.120. The number of carbonyl (C=O) groups excluding carboxylic acids is 1. The van der Waals surface area contributed by atoms with Gasteiger partial charge in [-0.25, -0.2) is 0 Å². The molecule has 0 fully saturated rings. The summed E-state index contributed by atoms with van der Waals surface area (Å²) < 4.78 is 0. The maximum atomic E-state index is 12.4. The molecule has 0 unspecified atom stereocenters. The SMILES string of the molecule is CCC/C=C/C=C/C[C@H]1CCC/C=C(C)/C=C/C=C\[C@H](O)[C@H](O)/C=C(C)/C=C/C=C/C(=O)N1. The molecule has 1 aliphatic rings. The quantitative estimate of drug-likeness (QED) is 0.463. The van der Waals surface area contributed by atoms with Gasteiger partial charge in [0.1, 0.15) is 12.2 Å². The van der Waals surface area contributed by atoms with Gasteiger partial charge in [-0.3, -0.25) is 4.79 Å². The summed E-state index contributed by atoms with van der Waals surface area (Å²) in [7, 11) is 0. The van der Waals surface area contributed by atoms with Crippen LogP contribution in [0, 0.1) is 0 Å². The van der Waals surface area contributed by atoms with Gasteiger partial charge in [-0.2, -0.15) is 0 Å². The smallest absolute Gasteiger partial charge is 0.244 e. The van der Waals surface area contributed by atoms with Crippen LogP contribution in [0.3, 0.4) is 0 Å². The van der Waals surface area contributed by atoms with Crippen LogP contribution in [-0.2, 0) is 4.79 Å². The molecule has 0 saturated heterocycles. The Labute approximate surface area is 200 Å². The van der Waals surface area contributed by atoms with Crippen molar-refractivity contribution in [1.82, 2.24) is 5.32 Å². The molecule has 0 aromatic rings. The van der Waals surface area contributed by atoms with Crippen molar-refractivity contribution >= 4 is 5.91 Å². The van der Waals surface area contributed by atoms with Crippen molar-refractivity contribution in [3.8, 4) is 0 Å². The molecule has 1 heterocycles. The van der Waals surface area contributed by atoms with Crippen LogP contribution in [0.5, 0.6) is 0 Å². The molecule has 3 N–H and O–H groups in total. The molecule has 1 rings (SSSR count). The van der Waals surface area contributed by atoms with E-state index in [4.69, 9.17) is 0 Å². The van der Waals surface area contributed by atoms with Gasteiger partial charge in [-0.15, -0.1) is 0 Å². The van der Waals surface area contributed by atoms with E-state index in [0.717, 1.165) is 49.7 Å². The van der Waals surface area contributed by atoms with Gasteiger partial charge in [-0.1, -0.05) is 103 Å². The van der Waals surface area contributed by atoms with Crippen LogP contribution in [0.15, 0.2) is 96.2 Å². The molecule has 0 aromatic heterocycles. The summed E-state index contributed by atoms with van der Waals surface area (Å²) in [5.41, 5.74) is 1.93. The van der Waals surface area contributed by atoms with Gasteiger partial charge >= 0.3 is 0 Å². The van der Waals surface area contributed by atoms with Gasteiger partial charge in [0.2, 0.25) is 5.91 Å². The third kappa shape index (κ3) is 14.9. The fourth-order valence-electron chi connectivity index (χ4n) is 3.20. The third-order valence-corrected chi connectivity index (χ3v) is 5.11. The molecule has 0 aliphatic carbocycles. The van der Waals surface area contributed by atoms with E-state index in [1.165, 1.54) is 6.08 Å². The fourth-order valence-corrected chi connectivity index (χ4v) is 3.20. The van der Waals surface area contributed by atoms with Gasteiger partial charge < -0.3 is 15.5 Å². The molecule has 0 spiro atoms. The van der Waals surface area contributed by atoms with E-state index in [0.29, 0.717) is 0 Å². The summed E-state index contributed by atoms with van der Waals surface area (Å²) in [6, 6.07) is 0.0815. The Morgan fingerprint density at radius 1 is 0.970 bits per heavy atom. The lowest BCUT2D eigenvalue weighted by Gasteiger charge is -2.15. The Balaban J connectivity index is 2.92. The molecule has 4 heteroatoms. The number of allylic oxidation sites excluding steroid dienone is 12. The van der Waals surface area contributed by atoms with Crippen molar-refractivity contribution in [3.05, 3.63) is 96.2 Å². The van der Waals surface area contributed by atoms with Gasteiger partial charge in [0.25, 0.3) is 0 Å². The number of rotatable bonds is 5. The van der Waals surface area contributed by atoms with Crippen LogP contribution in [0.1, 0.15) is 59.3 Å². The van der Waals surface area contributed by atoms with Crippen LogP contribution in [0.2, 0.25) is 0 Å². The van der Waals surface area contributed by atoms with Crippen LogP contribution >= 0.6 is 0 Å². The molecular weight excluding hydrogens is 410 g/mol. The predicted octanol–water partition coefficient (Wildman–Crippen LogP) is 5.80. The van der Waals surface area contributed by atoms with Gasteiger partial charge in [0, 0.05) is 12.1 Å². The van der Waals surface area contributed by atoms with Crippen molar-refractivity contribution in [1.29, 1.82) is 0 Å². The first kappa shape index (κ1) is 28.3. The summed E-state index contributed by atoms with van der Waals surface area (Å²) in [6.07, 6.45) is 29.9. The average molecular weight is 452 g/mol. The van der Waals surface area contributed by atoms with Crippen molar-refractivity contribution in [2.45, 2.75) is 77.5 Å². The molecule has 3 atom stereocenters. The molecule has 4 nitrogen and oxygen atoms in total. The fraction of sp³-hybridized carbons (Fsp3) is 0.414. The van der Waals surface area contributed by atoms with E-state index >= 15 is 0 Å². The van der Waals surface area contributed by atoms with E-state index in [-0.39, 0.29) is 11.9 Å². The van der Waals surface area contributed by atoms with Gasteiger partial charge in [-0.05, 0) is 46.0 Å². The second-order valence-electron chi connectivity index (χ2n) is 8.32. The molecule has 1 amide bonds. The van der Waals surface area contributed by atoms with Crippen LogP contribution in [0.4, 0.5) is 0 Å². The number of aliphatic hydroxyl groups excluding tert-OH is 2. The maximum Gasteiger partial charge on any atom is 0.244 e. The highest BCUT2D eigenvalue weighted by Gasteiger charge is 2.10. The number of hydrogen-bond donors (Lipinski definition) is 3. The van der Waals surface area contributed by atoms with E-state index in [9.17, 15) is 15.0 Å². The topological polar surface area (TPSA) is 69.6 Å². The third-order valence-electron chi connectivity index (χ3n) is 5.11. The Morgan fingerprint density at radius 2 is 1.67 bits per heavy atom. The molecule has 1 aliphatic heterocycles. The molecule has 0 saturated carbocycles. The summed E-state index contributed by atoms with van der Waals surface area (Å²) >= 11 is 0. The lowest BCUT2D eigenvalue weighted by Crippen LogP contribution is -2.33. The van der Waals surface area contributed by atoms with E-state index in [2.05, 4.69) is 42.6 Å². The molecular formula is C29H41NO3. The van der Waals surface area contributed by atoms with Crippen LogP contribution in [-0.4, -0.2) is 34.4 Å². The Kier molecular flexibility index (Phi) is 15.3. The summed E-state index contributed by atoms with van der Waals surface area (Å²) in [4.78, 5) is 12.4. The largest absolute Gasteiger partial charge is 0.386 e. The van der Waals surface area contributed by atoms with Crippen molar-refractivity contribution in [3.63, 3.8) is 0 Å². The minimum Gasteiger partial charge on any atom is -0.386 e. The van der Waals surface area contributed by atoms with E-state index in [1.807, 2.05) is 26.0 Å². The first-order valence-corrected chi connectivity index (χ1v) is 12.0. The van der Waals surface area contributed by atoms with Crippen LogP contribution in [0.25, 0.3) is 0 Å². The number of aliphatic hydroxyl groups is 2. The van der Waals surface area contributed by atoms with Gasteiger partial charge in [0.05, 0.1) is 0 Å². The Hall–Kier alpha value is -2.69. The molecule has 0 bridgehead atoms. The average Bonchev–Trinajstić information content (AvgIpc) is 2.78. The van der Waals surface area contributed by atoms with Crippen molar-refractivity contribution < 1.29 is 15.0 Å². The zero-order valence-electron chi connectivity index (χ0n) is 20.4. The van der Waals surface area contributed by atoms with Gasteiger partial charge in [0.15, 0.2) is 0 Å². The lowest BCUT2D eigenvalue weighted by molar-refractivity contribution is -0.117. The number of hydrogen-bond acceptors (Lipinski definition) is 3. The standard InChI is InChI=1S/C29H41NO3/c1-4-5-6-7-8-9-19-26-20-13-10-16-24(2)17-11-14-21-27(31)28(32)23-25(3)18-12-15-22-29(33)30-26/h6-9,11-12,14-18,21-23,26-28,31-32H,4-5,10,13,19-20H2,1-3H3,(H,30,33)/b7-6+,9-8+,17-11+,18-12+,21-14-,22-15+,24-16+,25-23+/t26-,27-,28+/m0/s1. The monoisotopic (exact) mass is 451 g/mol. The molecule has 0 radical (unpaired) electrons. The van der Waals surface area contributed by atoms with E-state index in [1.54, 1.807) is 36.5 Å². The number of unbranched alkanes of at least 4 members (excludes halogenated alkanes) is 1. The van der Waals surface area contributed by atoms with E-state index < -0.39 is 12.2 Å². The highest BCUT2D eigenvalue weighted by Crippen LogP contribution is 2.10. The number of amides is 1. The minimum atomic E-state index is -1.00.